The summed E-state index contributed by atoms with van der Waals surface area (Å²) < 4.78 is 0. The van der Waals surface area contributed by atoms with Crippen LogP contribution in [-0.2, 0) is 9.59 Å². The van der Waals surface area contributed by atoms with E-state index in [9.17, 15) is 9.59 Å². The molecule has 0 aromatic rings. The van der Waals surface area contributed by atoms with Crippen LogP contribution in [0.4, 0.5) is 0 Å². The highest BCUT2D eigenvalue weighted by Crippen LogP contribution is 2.30. The van der Waals surface area contributed by atoms with Crippen molar-refractivity contribution in [1.82, 2.24) is 10.2 Å². The monoisotopic (exact) mass is 196 g/mol. The van der Waals surface area contributed by atoms with E-state index in [0.717, 1.165) is 25.8 Å². The Morgan fingerprint density at radius 3 is 2.79 bits per heavy atom. The Hall–Kier alpha value is -1.06. The molecule has 78 valence electrons. The van der Waals surface area contributed by atoms with Gasteiger partial charge in [0.15, 0.2) is 0 Å². The molecule has 1 heterocycles. The fourth-order valence-electron chi connectivity index (χ4n) is 1.88. The number of carbonyl (C=O) groups excluding carboxylic acids is 2. The van der Waals surface area contributed by atoms with Gasteiger partial charge in [-0.05, 0) is 19.3 Å². The minimum absolute atomic E-state index is 0.0269. The molecule has 1 atom stereocenters. The van der Waals surface area contributed by atoms with Gasteiger partial charge in [0.25, 0.3) is 0 Å². The molecule has 0 aromatic heterocycles. The van der Waals surface area contributed by atoms with E-state index >= 15 is 0 Å². The minimum Gasteiger partial charge on any atom is -0.344 e. The molecule has 4 nitrogen and oxygen atoms in total. The van der Waals surface area contributed by atoms with Crippen molar-refractivity contribution >= 4 is 11.8 Å². The highest BCUT2D eigenvalue weighted by molar-refractivity contribution is 5.89. The molecular formula is C10H16N2O2. The number of likely N-dealkylation sites (tertiary alicyclic amines) is 1. The van der Waals surface area contributed by atoms with Crippen LogP contribution in [0.25, 0.3) is 0 Å². The third-order valence-corrected chi connectivity index (χ3v) is 2.88. The summed E-state index contributed by atoms with van der Waals surface area (Å²) in [6.07, 6.45) is 3.51. The molecular weight excluding hydrogens is 180 g/mol. The second-order valence-electron chi connectivity index (χ2n) is 4.03. The predicted molar refractivity (Wildman–Crippen MR) is 51.6 cm³/mol. The lowest BCUT2D eigenvalue weighted by Crippen LogP contribution is -2.41. The summed E-state index contributed by atoms with van der Waals surface area (Å²) in [4.78, 5) is 24.8. The topological polar surface area (TPSA) is 49.4 Å². The number of hydrogen-bond acceptors (Lipinski definition) is 2. The van der Waals surface area contributed by atoms with Gasteiger partial charge in [-0.2, -0.15) is 0 Å². The van der Waals surface area contributed by atoms with Crippen molar-refractivity contribution in [2.24, 2.45) is 0 Å². The Bertz CT molecular complexity index is 261. The van der Waals surface area contributed by atoms with E-state index in [4.69, 9.17) is 0 Å². The van der Waals surface area contributed by atoms with E-state index in [1.165, 1.54) is 0 Å². The van der Waals surface area contributed by atoms with Gasteiger partial charge in [0.05, 0.1) is 0 Å². The molecule has 1 saturated heterocycles. The summed E-state index contributed by atoms with van der Waals surface area (Å²) in [6, 6.07) is 0.231. The van der Waals surface area contributed by atoms with E-state index in [2.05, 4.69) is 5.32 Å². The van der Waals surface area contributed by atoms with Gasteiger partial charge in [-0.15, -0.1) is 0 Å². The largest absolute Gasteiger partial charge is 0.344 e. The van der Waals surface area contributed by atoms with Gasteiger partial charge in [-0.3, -0.25) is 9.59 Å². The third-order valence-electron chi connectivity index (χ3n) is 2.88. The zero-order chi connectivity index (χ0) is 10.1. The van der Waals surface area contributed by atoms with Crippen LogP contribution in [0.2, 0.25) is 0 Å². The molecule has 0 bridgehead atoms. The molecule has 2 amide bonds. The van der Waals surface area contributed by atoms with E-state index in [-0.39, 0.29) is 17.9 Å². The number of amides is 2. The minimum atomic E-state index is -0.247. The molecule has 0 radical (unpaired) electrons. The maximum atomic E-state index is 11.7. The van der Waals surface area contributed by atoms with Crippen molar-refractivity contribution in [2.45, 2.75) is 44.7 Å². The van der Waals surface area contributed by atoms with Crippen molar-refractivity contribution < 1.29 is 9.59 Å². The second-order valence-corrected chi connectivity index (χ2v) is 4.03. The SMILES string of the molecule is CCC(=O)NC1CCN(C2CC2)C1=O. The van der Waals surface area contributed by atoms with Crippen LogP contribution in [0, 0.1) is 0 Å². The number of hydrogen-bond donors (Lipinski definition) is 1. The van der Waals surface area contributed by atoms with Crippen LogP contribution in [0.3, 0.4) is 0 Å². The molecule has 1 saturated carbocycles. The van der Waals surface area contributed by atoms with Crippen molar-refractivity contribution in [3.8, 4) is 0 Å². The molecule has 2 aliphatic rings. The highest BCUT2D eigenvalue weighted by Gasteiger charge is 2.40. The van der Waals surface area contributed by atoms with Gasteiger partial charge < -0.3 is 10.2 Å². The first-order chi connectivity index (χ1) is 6.72. The van der Waals surface area contributed by atoms with E-state index in [1.807, 2.05) is 4.90 Å². The molecule has 0 spiro atoms. The summed E-state index contributed by atoms with van der Waals surface area (Å²) in [7, 11) is 0. The van der Waals surface area contributed by atoms with Crippen molar-refractivity contribution in [1.29, 1.82) is 0 Å². The van der Waals surface area contributed by atoms with Gasteiger partial charge in [0, 0.05) is 19.0 Å². The second kappa shape index (κ2) is 3.59. The van der Waals surface area contributed by atoms with Crippen molar-refractivity contribution in [3.05, 3.63) is 0 Å². The summed E-state index contributed by atoms with van der Waals surface area (Å²) in [5.74, 6) is 0.0929. The first kappa shape index (κ1) is 9.49. The number of nitrogens with one attached hydrogen (secondary N) is 1. The lowest BCUT2D eigenvalue weighted by Gasteiger charge is -2.15. The normalized spacial score (nSPS) is 26.8. The first-order valence-corrected chi connectivity index (χ1v) is 5.32. The number of rotatable bonds is 3. The van der Waals surface area contributed by atoms with Gasteiger partial charge in [0.1, 0.15) is 6.04 Å². The molecule has 2 rings (SSSR count). The lowest BCUT2D eigenvalue weighted by molar-refractivity contribution is -0.132. The quantitative estimate of drug-likeness (QED) is 0.704. The van der Waals surface area contributed by atoms with Crippen LogP contribution in [0.15, 0.2) is 0 Å². The first-order valence-electron chi connectivity index (χ1n) is 5.32. The zero-order valence-corrected chi connectivity index (χ0v) is 8.45. The zero-order valence-electron chi connectivity index (χ0n) is 8.45. The van der Waals surface area contributed by atoms with Gasteiger partial charge in [-0.25, -0.2) is 0 Å². The maximum absolute atomic E-state index is 11.7. The highest BCUT2D eigenvalue weighted by atomic mass is 16.2. The van der Waals surface area contributed by atoms with E-state index in [1.54, 1.807) is 6.92 Å². The van der Waals surface area contributed by atoms with Crippen molar-refractivity contribution in [2.75, 3.05) is 6.54 Å². The molecule has 1 N–H and O–H groups in total. The molecule has 1 unspecified atom stereocenters. The van der Waals surface area contributed by atoms with Crippen LogP contribution in [-0.4, -0.2) is 35.3 Å². The van der Waals surface area contributed by atoms with Crippen LogP contribution < -0.4 is 5.32 Å². The average Bonchev–Trinajstić information content (AvgIpc) is 2.95. The van der Waals surface area contributed by atoms with Crippen LogP contribution in [0.5, 0.6) is 0 Å². The molecule has 1 aliphatic heterocycles. The average molecular weight is 196 g/mol. The fraction of sp³-hybridized carbons (Fsp3) is 0.800. The van der Waals surface area contributed by atoms with Crippen LogP contribution in [0.1, 0.15) is 32.6 Å². The maximum Gasteiger partial charge on any atom is 0.245 e. The van der Waals surface area contributed by atoms with Crippen molar-refractivity contribution in [3.63, 3.8) is 0 Å². The number of carbonyl (C=O) groups is 2. The Kier molecular flexibility index (Phi) is 2.44. The van der Waals surface area contributed by atoms with Crippen LogP contribution >= 0.6 is 0 Å². The van der Waals surface area contributed by atoms with E-state index in [0.29, 0.717) is 12.5 Å². The third kappa shape index (κ3) is 1.74. The molecule has 4 heteroatoms. The standard InChI is InChI=1S/C10H16N2O2/c1-2-9(13)11-8-5-6-12(10(8)14)7-3-4-7/h7-8H,2-6H2,1H3,(H,11,13). The predicted octanol–water partition coefficient (Wildman–Crippen LogP) is 0.276. The number of nitrogens with zero attached hydrogens (tertiary/aromatic N) is 1. The van der Waals surface area contributed by atoms with E-state index < -0.39 is 0 Å². The lowest BCUT2D eigenvalue weighted by atomic mass is 10.2. The fourth-order valence-corrected chi connectivity index (χ4v) is 1.88. The molecule has 2 fully saturated rings. The Labute approximate surface area is 83.6 Å². The summed E-state index contributed by atoms with van der Waals surface area (Å²) in [6.45, 7) is 2.62. The summed E-state index contributed by atoms with van der Waals surface area (Å²) in [5.41, 5.74) is 0. The Morgan fingerprint density at radius 1 is 1.50 bits per heavy atom. The molecule has 14 heavy (non-hydrogen) atoms. The Balaban J connectivity index is 1.89. The molecule has 1 aliphatic carbocycles. The van der Waals surface area contributed by atoms with Gasteiger partial charge in [-0.1, -0.05) is 6.92 Å². The van der Waals surface area contributed by atoms with Gasteiger partial charge in [0.2, 0.25) is 11.8 Å². The molecule has 0 aromatic carbocycles. The summed E-state index contributed by atoms with van der Waals surface area (Å²) in [5, 5.41) is 2.76. The summed E-state index contributed by atoms with van der Waals surface area (Å²) >= 11 is 0. The Morgan fingerprint density at radius 2 is 2.21 bits per heavy atom. The smallest absolute Gasteiger partial charge is 0.245 e. The van der Waals surface area contributed by atoms with Gasteiger partial charge >= 0.3 is 0 Å².